The maximum atomic E-state index is 12.5. The molecule has 0 radical (unpaired) electrons. The van der Waals surface area contributed by atoms with Gasteiger partial charge < -0.3 is 0 Å². The van der Waals surface area contributed by atoms with Crippen molar-refractivity contribution in [1.29, 1.82) is 0 Å². The number of aromatic nitrogens is 2. The summed E-state index contributed by atoms with van der Waals surface area (Å²) in [5, 5.41) is 4.20. The monoisotopic (exact) mass is 250 g/mol. The van der Waals surface area contributed by atoms with Crippen LogP contribution in [0.2, 0.25) is 0 Å². The van der Waals surface area contributed by atoms with Gasteiger partial charge in [0.05, 0.1) is 17.3 Å². The molecule has 0 unspecified atom stereocenters. The van der Waals surface area contributed by atoms with E-state index in [0.717, 1.165) is 11.1 Å². The lowest BCUT2D eigenvalue weighted by Crippen LogP contribution is -2.01. The number of benzene rings is 1. The highest BCUT2D eigenvalue weighted by Crippen LogP contribution is 2.17. The second-order valence-corrected chi connectivity index (χ2v) is 4.72. The quantitative estimate of drug-likeness (QED) is 0.655. The summed E-state index contributed by atoms with van der Waals surface area (Å²) in [4.78, 5) is 12.5. The van der Waals surface area contributed by atoms with E-state index in [0.29, 0.717) is 11.1 Å². The second-order valence-electron chi connectivity index (χ2n) is 4.72. The molecule has 0 bridgehead atoms. The number of pyridine rings is 1. The molecular formula is C16H14N2O. The van der Waals surface area contributed by atoms with Gasteiger partial charge in [-0.05, 0) is 43.2 Å². The summed E-state index contributed by atoms with van der Waals surface area (Å²) in [6, 6.07) is 11.5. The van der Waals surface area contributed by atoms with E-state index in [2.05, 4.69) is 5.10 Å². The van der Waals surface area contributed by atoms with Crippen LogP contribution in [0.3, 0.4) is 0 Å². The molecule has 3 nitrogen and oxygen atoms in total. The molecule has 94 valence electrons. The minimum absolute atomic E-state index is 0.0179. The highest BCUT2D eigenvalue weighted by molar-refractivity contribution is 6.13. The fourth-order valence-electron chi connectivity index (χ4n) is 2.15. The van der Waals surface area contributed by atoms with Crippen LogP contribution in [0, 0.1) is 13.8 Å². The van der Waals surface area contributed by atoms with Gasteiger partial charge in [0, 0.05) is 11.8 Å². The third-order valence-electron chi connectivity index (χ3n) is 3.44. The van der Waals surface area contributed by atoms with E-state index in [9.17, 15) is 4.79 Å². The zero-order chi connectivity index (χ0) is 13.4. The zero-order valence-electron chi connectivity index (χ0n) is 10.9. The van der Waals surface area contributed by atoms with Crippen molar-refractivity contribution in [2.75, 3.05) is 0 Å². The van der Waals surface area contributed by atoms with E-state index in [1.165, 1.54) is 5.56 Å². The fourth-order valence-corrected chi connectivity index (χ4v) is 2.15. The van der Waals surface area contributed by atoms with Crippen LogP contribution in [0.15, 0.2) is 48.8 Å². The number of carbonyl (C=O) groups excluding carboxylic acids is 1. The summed E-state index contributed by atoms with van der Waals surface area (Å²) in [6.07, 6.45) is 3.47. The molecule has 3 aromatic rings. The first-order valence-corrected chi connectivity index (χ1v) is 6.21. The predicted molar refractivity (Wildman–Crippen MR) is 74.5 cm³/mol. The molecule has 2 aromatic heterocycles. The summed E-state index contributed by atoms with van der Waals surface area (Å²) in [7, 11) is 0. The second kappa shape index (κ2) is 4.35. The molecule has 0 N–H and O–H groups in total. The number of aryl methyl sites for hydroxylation is 2. The van der Waals surface area contributed by atoms with Crippen LogP contribution < -0.4 is 0 Å². The molecule has 0 aliphatic heterocycles. The summed E-state index contributed by atoms with van der Waals surface area (Å²) in [5.74, 6) is 0.0179. The van der Waals surface area contributed by atoms with Crippen molar-refractivity contribution in [2.45, 2.75) is 13.8 Å². The van der Waals surface area contributed by atoms with Crippen LogP contribution in [0.5, 0.6) is 0 Å². The Morgan fingerprint density at radius 3 is 2.74 bits per heavy atom. The van der Waals surface area contributed by atoms with E-state index in [1.54, 1.807) is 10.7 Å². The number of hydrogen-bond donors (Lipinski definition) is 0. The predicted octanol–water partition coefficient (Wildman–Crippen LogP) is 3.18. The van der Waals surface area contributed by atoms with Crippen molar-refractivity contribution in [3.05, 3.63) is 71.0 Å². The molecule has 3 rings (SSSR count). The van der Waals surface area contributed by atoms with Crippen molar-refractivity contribution in [3.8, 4) is 0 Å². The summed E-state index contributed by atoms with van der Waals surface area (Å²) in [6.45, 7) is 4.06. The molecule has 3 heteroatoms. The number of hydrogen-bond acceptors (Lipinski definition) is 2. The maximum absolute atomic E-state index is 12.5. The standard InChI is InChI=1S/C16H14N2O/c1-11-6-7-13(9-12(11)2)16(19)14-10-17-18-8-4-3-5-15(14)18/h3-10H,1-2H3. The van der Waals surface area contributed by atoms with Crippen molar-refractivity contribution in [2.24, 2.45) is 0 Å². The molecule has 0 aliphatic rings. The molecule has 19 heavy (non-hydrogen) atoms. The lowest BCUT2D eigenvalue weighted by molar-refractivity contribution is 0.104. The van der Waals surface area contributed by atoms with Crippen molar-refractivity contribution in [3.63, 3.8) is 0 Å². The van der Waals surface area contributed by atoms with Gasteiger partial charge in [0.1, 0.15) is 0 Å². The first-order chi connectivity index (χ1) is 9.16. The maximum Gasteiger partial charge on any atom is 0.196 e. The van der Waals surface area contributed by atoms with Crippen molar-refractivity contribution in [1.82, 2.24) is 9.61 Å². The van der Waals surface area contributed by atoms with Gasteiger partial charge in [-0.25, -0.2) is 4.52 Å². The van der Waals surface area contributed by atoms with Gasteiger partial charge in [-0.15, -0.1) is 0 Å². The van der Waals surface area contributed by atoms with E-state index >= 15 is 0 Å². The van der Waals surface area contributed by atoms with Gasteiger partial charge >= 0.3 is 0 Å². The molecule has 0 amide bonds. The third kappa shape index (κ3) is 1.93. The Balaban J connectivity index is 2.11. The summed E-state index contributed by atoms with van der Waals surface area (Å²) < 4.78 is 1.72. The number of fused-ring (bicyclic) bond motifs is 1. The Bertz CT molecular complexity index is 771. The number of rotatable bonds is 2. The van der Waals surface area contributed by atoms with Crippen LogP contribution in [0.1, 0.15) is 27.0 Å². The minimum atomic E-state index is 0.0179. The smallest absolute Gasteiger partial charge is 0.196 e. The highest BCUT2D eigenvalue weighted by atomic mass is 16.1. The summed E-state index contributed by atoms with van der Waals surface area (Å²) in [5.41, 5.74) is 4.51. The Morgan fingerprint density at radius 2 is 1.95 bits per heavy atom. The van der Waals surface area contributed by atoms with E-state index in [-0.39, 0.29) is 5.78 Å². The largest absolute Gasteiger partial charge is 0.288 e. The first kappa shape index (κ1) is 11.7. The Kier molecular flexibility index (Phi) is 2.67. The minimum Gasteiger partial charge on any atom is -0.288 e. The Labute approximate surface area is 111 Å². The molecule has 0 atom stereocenters. The molecule has 2 heterocycles. The van der Waals surface area contributed by atoms with Gasteiger partial charge in [0.25, 0.3) is 0 Å². The van der Waals surface area contributed by atoms with E-state index in [1.807, 2.05) is 56.4 Å². The molecule has 0 fully saturated rings. The molecule has 0 saturated heterocycles. The Hall–Kier alpha value is -2.42. The topological polar surface area (TPSA) is 34.4 Å². The van der Waals surface area contributed by atoms with Crippen molar-refractivity contribution < 1.29 is 4.79 Å². The molecule has 1 aromatic carbocycles. The van der Waals surface area contributed by atoms with Crippen LogP contribution in [-0.4, -0.2) is 15.4 Å². The van der Waals surface area contributed by atoms with Gasteiger partial charge in [-0.2, -0.15) is 5.10 Å². The lowest BCUT2D eigenvalue weighted by Gasteiger charge is -2.03. The van der Waals surface area contributed by atoms with Crippen molar-refractivity contribution >= 4 is 11.3 Å². The highest BCUT2D eigenvalue weighted by Gasteiger charge is 2.14. The molecule has 0 aliphatic carbocycles. The lowest BCUT2D eigenvalue weighted by atomic mass is 10.00. The zero-order valence-corrected chi connectivity index (χ0v) is 10.9. The normalized spacial score (nSPS) is 10.8. The average Bonchev–Trinajstić information content (AvgIpc) is 2.85. The van der Waals surface area contributed by atoms with Crippen LogP contribution in [0.25, 0.3) is 5.52 Å². The number of nitrogens with zero attached hydrogens (tertiary/aromatic N) is 2. The van der Waals surface area contributed by atoms with Gasteiger partial charge in [-0.3, -0.25) is 4.79 Å². The Morgan fingerprint density at radius 1 is 1.11 bits per heavy atom. The SMILES string of the molecule is Cc1ccc(C(=O)c2cnn3ccccc23)cc1C. The number of ketones is 1. The summed E-state index contributed by atoms with van der Waals surface area (Å²) >= 11 is 0. The van der Waals surface area contributed by atoms with E-state index < -0.39 is 0 Å². The van der Waals surface area contributed by atoms with Gasteiger partial charge in [0.2, 0.25) is 0 Å². The number of carbonyl (C=O) groups is 1. The van der Waals surface area contributed by atoms with Crippen LogP contribution in [-0.2, 0) is 0 Å². The molecular weight excluding hydrogens is 236 g/mol. The molecule has 0 spiro atoms. The van der Waals surface area contributed by atoms with Gasteiger partial charge in [0.15, 0.2) is 5.78 Å². The third-order valence-corrected chi connectivity index (χ3v) is 3.44. The van der Waals surface area contributed by atoms with E-state index in [4.69, 9.17) is 0 Å². The van der Waals surface area contributed by atoms with Crippen LogP contribution >= 0.6 is 0 Å². The molecule has 0 saturated carbocycles. The van der Waals surface area contributed by atoms with Crippen LogP contribution in [0.4, 0.5) is 0 Å². The van der Waals surface area contributed by atoms with Gasteiger partial charge in [-0.1, -0.05) is 18.2 Å². The first-order valence-electron chi connectivity index (χ1n) is 6.21. The average molecular weight is 250 g/mol. The fraction of sp³-hybridized carbons (Fsp3) is 0.125.